The number of rotatable bonds is 4. The zero-order chi connectivity index (χ0) is 16.2. The highest BCUT2D eigenvalue weighted by Crippen LogP contribution is 2.34. The number of aromatic nitrogens is 1. The monoisotopic (exact) mass is 346 g/mol. The number of halogens is 2. The maximum absolute atomic E-state index is 12.1. The molecule has 0 bridgehead atoms. The van der Waals surface area contributed by atoms with Crippen molar-refractivity contribution >= 4 is 29.1 Å². The van der Waals surface area contributed by atoms with Crippen LogP contribution in [0.1, 0.15) is 16.1 Å². The molecule has 3 rings (SSSR count). The summed E-state index contributed by atoms with van der Waals surface area (Å²) in [5.41, 5.74) is 1.60. The van der Waals surface area contributed by atoms with Crippen molar-refractivity contribution in [2.24, 2.45) is 0 Å². The van der Waals surface area contributed by atoms with E-state index in [4.69, 9.17) is 27.6 Å². The molecule has 0 radical (unpaired) electrons. The molecule has 1 aromatic carbocycles. The lowest BCUT2D eigenvalue weighted by atomic mass is 10.2. The van der Waals surface area contributed by atoms with Crippen LogP contribution < -0.4 is 5.32 Å². The second-order valence-electron chi connectivity index (χ2n) is 4.80. The van der Waals surface area contributed by atoms with Gasteiger partial charge in [-0.15, -0.1) is 0 Å². The third kappa shape index (κ3) is 3.55. The van der Waals surface area contributed by atoms with E-state index >= 15 is 0 Å². The summed E-state index contributed by atoms with van der Waals surface area (Å²) in [7, 11) is 0. The van der Waals surface area contributed by atoms with Crippen molar-refractivity contribution in [2.75, 3.05) is 0 Å². The Kier molecular flexibility index (Phi) is 4.65. The molecule has 23 heavy (non-hydrogen) atoms. The van der Waals surface area contributed by atoms with Gasteiger partial charge < -0.3 is 9.73 Å². The van der Waals surface area contributed by atoms with Gasteiger partial charge in [0.2, 0.25) is 0 Å². The second kappa shape index (κ2) is 6.86. The maximum Gasteiger partial charge on any atom is 0.287 e. The van der Waals surface area contributed by atoms with Crippen LogP contribution in [0.4, 0.5) is 0 Å². The lowest BCUT2D eigenvalue weighted by molar-refractivity contribution is 0.0924. The Morgan fingerprint density at radius 2 is 1.87 bits per heavy atom. The van der Waals surface area contributed by atoms with Gasteiger partial charge in [-0.3, -0.25) is 9.78 Å². The zero-order valence-electron chi connectivity index (χ0n) is 11.9. The number of carbonyl (C=O) groups excluding carboxylic acids is 1. The molecule has 4 nitrogen and oxygen atoms in total. The van der Waals surface area contributed by atoms with Crippen molar-refractivity contribution in [1.82, 2.24) is 10.3 Å². The summed E-state index contributed by atoms with van der Waals surface area (Å²) in [6.07, 6.45) is 3.35. The summed E-state index contributed by atoms with van der Waals surface area (Å²) >= 11 is 12.2. The molecule has 116 valence electrons. The highest BCUT2D eigenvalue weighted by Gasteiger charge is 2.14. The van der Waals surface area contributed by atoms with E-state index in [1.807, 2.05) is 12.1 Å². The molecule has 0 aliphatic carbocycles. The first-order chi connectivity index (χ1) is 11.1. The molecular formula is C17H12Cl2N2O2. The summed E-state index contributed by atoms with van der Waals surface area (Å²) < 4.78 is 5.59. The molecule has 3 aromatic rings. The van der Waals surface area contributed by atoms with Crippen molar-refractivity contribution in [3.8, 4) is 11.3 Å². The number of furan rings is 1. The van der Waals surface area contributed by atoms with Crippen LogP contribution in [0.2, 0.25) is 10.0 Å². The summed E-state index contributed by atoms with van der Waals surface area (Å²) in [6, 6.07) is 12.2. The first-order valence-electron chi connectivity index (χ1n) is 6.86. The van der Waals surface area contributed by atoms with Crippen LogP contribution in [0.3, 0.4) is 0 Å². The average molecular weight is 347 g/mol. The van der Waals surface area contributed by atoms with Crippen LogP contribution in [-0.4, -0.2) is 10.9 Å². The van der Waals surface area contributed by atoms with Crippen LogP contribution in [-0.2, 0) is 6.54 Å². The molecule has 0 saturated carbocycles. The Bertz CT molecular complexity index is 832. The van der Waals surface area contributed by atoms with E-state index in [0.717, 1.165) is 5.56 Å². The molecule has 0 aliphatic heterocycles. The molecule has 0 aliphatic rings. The molecule has 0 atom stereocenters. The Morgan fingerprint density at radius 3 is 2.65 bits per heavy atom. The Balaban J connectivity index is 1.74. The van der Waals surface area contributed by atoms with Gasteiger partial charge in [0, 0.05) is 24.5 Å². The lowest BCUT2D eigenvalue weighted by Crippen LogP contribution is -2.22. The molecular weight excluding hydrogens is 335 g/mol. The summed E-state index contributed by atoms with van der Waals surface area (Å²) in [5, 5.41) is 3.62. The minimum absolute atomic E-state index is 0.213. The van der Waals surface area contributed by atoms with Gasteiger partial charge in [0.05, 0.1) is 10.0 Å². The molecule has 0 spiro atoms. The molecule has 1 N–H and O–H groups in total. The first kappa shape index (κ1) is 15.6. The van der Waals surface area contributed by atoms with E-state index in [2.05, 4.69) is 10.3 Å². The molecule has 0 saturated heterocycles. The van der Waals surface area contributed by atoms with Crippen LogP contribution in [0.15, 0.2) is 59.3 Å². The maximum atomic E-state index is 12.1. The predicted molar refractivity (Wildman–Crippen MR) is 89.6 cm³/mol. The van der Waals surface area contributed by atoms with Gasteiger partial charge in [0.25, 0.3) is 5.91 Å². The Labute approximate surface area is 143 Å². The Morgan fingerprint density at radius 1 is 1.09 bits per heavy atom. The smallest absolute Gasteiger partial charge is 0.287 e. The van der Waals surface area contributed by atoms with E-state index in [0.29, 0.717) is 27.9 Å². The number of nitrogens with zero attached hydrogens (tertiary/aromatic N) is 1. The van der Waals surface area contributed by atoms with Crippen molar-refractivity contribution in [3.63, 3.8) is 0 Å². The minimum atomic E-state index is -0.300. The Hall–Kier alpha value is -2.30. The van der Waals surface area contributed by atoms with Crippen LogP contribution in [0.5, 0.6) is 0 Å². The van der Waals surface area contributed by atoms with Crippen LogP contribution >= 0.6 is 23.2 Å². The van der Waals surface area contributed by atoms with Gasteiger partial charge in [0.15, 0.2) is 5.76 Å². The quantitative estimate of drug-likeness (QED) is 0.752. The molecule has 2 aromatic heterocycles. The molecule has 0 unspecified atom stereocenters. The number of carbonyl (C=O) groups is 1. The van der Waals surface area contributed by atoms with E-state index in [1.54, 1.807) is 42.7 Å². The molecule has 1 amide bonds. The topological polar surface area (TPSA) is 55.1 Å². The molecule has 6 heteroatoms. The summed E-state index contributed by atoms with van der Waals surface area (Å²) in [6.45, 7) is 0.398. The number of pyridine rings is 1. The van der Waals surface area contributed by atoms with Gasteiger partial charge in [-0.05, 0) is 42.0 Å². The van der Waals surface area contributed by atoms with Gasteiger partial charge >= 0.3 is 0 Å². The molecule has 0 fully saturated rings. The first-order valence-corrected chi connectivity index (χ1v) is 7.62. The van der Waals surface area contributed by atoms with Crippen molar-refractivity contribution in [1.29, 1.82) is 0 Å². The third-order valence-electron chi connectivity index (χ3n) is 3.25. The van der Waals surface area contributed by atoms with Crippen molar-refractivity contribution in [2.45, 2.75) is 6.54 Å². The number of benzene rings is 1. The second-order valence-corrected chi connectivity index (χ2v) is 5.59. The fourth-order valence-electron chi connectivity index (χ4n) is 2.07. The largest absolute Gasteiger partial charge is 0.451 e. The minimum Gasteiger partial charge on any atom is -0.451 e. The normalized spacial score (nSPS) is 10.5. The van der Waals surface area contributed by atoms with Crippen molar-refractivity contribution < 1.29 is 9.21 Å². The van der Waals surface area contributed by atoms with Gasteiger partial charge in [0.1, 0.15) is 5.76 Å². The SMILES string of the molecule is O=C(NCc1ccncc1)c1ccc(-c2cccc(Cl)c2Cl)o1. The zero-order valence-corrected chi connectivity index (χ0v) is 13.4. The number of nitrogens with one attached hydrogen (secondary N) is 1. The van der Waals surface area contributed by atoms with Gasteiger partial charge in [-0.2, -0.15) is 0 Å². The lowest BCUT2D eigenvalue weighted by Gasteiger charge is -2.04. The van der Waals surface area contributed by atoms with E-state index in [-0.39, 0.29) is 11.7 Å². The fraction of sp³-hybridized carbons (Fsp3) is 0.0588. The fourth-order valence-corrected chi connectivity index (χ4v) is 2.46. The average Bonchev–Trinajstić information content (AvgIpc) is 3.06. The highest BCUT2D eigenvalue weighted by atomic mass is 35.5. The van der Waals surface area contributed by atoms with E-state index in [1.165, 1.54) is 0 Å². The van der Waals surface area contributed by atoms with E-state index < -0.39 is 0 Å². The number of amides is 1. The number of hydrogen-bond acceptors (Lipinski definition) is 3. The predicted octanol–water partition coefficient (Wildman–Crippen LogP) is 4.58. The van der Waals surface area contributed by atoms with Crippen LogP contribution in [0.25, 0.3) is 11.3 Å². The van der Waals surface area contributed by atoms with Gasteiger partial charge in [-0.25, -0.2) is 0 Å². The van der Waals surface area contributed by atoms with Crippen molar-refractivity contribution in [3.05, 3.63) is 76.2 Å². The third-order valence-corrected chi connectivity index (χ3v) is 4.07. The summed E-state index contributed by atoms with van der Waals surface area (Å²) in [5.74, 6) is 0.405. The van der Waals surface area contributed by atoms with Gasteiger partial charge in [-0.1, -0.05) is 29.3 Å². The van der Waals surface area contributed by atoms with Crippen LogP contribution in [0, 0.1) is 0 Å². The molecule has 2 heterocycles. The summed E-state index contributed by atoms with van der Waals surface area (Å²) in [4.78, 5) is 16.1. The number of hydrogen-bond donors (Lipinski definition) is 1. The van der Waals surface area contributed by atoms with E-state index in [9.17, 15) is 4.79 Å². The standard InChI is InChI=1S/C17H12Cl2N2O2/c18-13-3-1-2-12(16(13)19)14-4-5-15(23-14)17(22)21-10-11-6-8-20-9-7-11/h1-9H,10H2,(H,21,22). The highest BCUT2D eigenvalue weighted by molar-refractivity contribution is 6.43.